The van der Waals surface area contributed by atoms with E-state index in [0.29, 0.717) is 12.1 Å². The van der Waals surface area contributed by atoms with Crippen molar-refractivity contribution >= 4 is 66.0 Å². The molecular formula is C28H32Cl2N2S2. The molecule has 2 aliphatic heterocycles. The fourth-order valence-electron chi connectivity index (χ4n) is 5.23. The maximum absolute atomic E-state index is 6.03. The van der Waals surface area contributed by atoms with E-state index in [0.717, 1.165) is 35.0 Å². The van der Waals surface area contributed by atoms with Crippen molar-refractivity contribution < 1.29 is 0 Å². The van der Waals surface area contributed by atoms with Gasteiger partial charge in [0.1, 0.15) is 0 Å². The fourth-order valence-corrected chi connectivity index (χ4v) is 8.21. The molecule has 2 N–H and O–H groups in total. The highest BCUT2D eigenvalue weighted by molar-refractivity contribution is 7.19. The van der Waals surface area contributed by atoms with Gasteiger partial charge in [-0.05, 0) is 112 Å². The lowest BCUT2D eigenvalue weighted by Crippen LogP contribution is -2.34. The van der Waals surface area contributed by atoms with Gasteiger partial charge in [0, 0.05) is 41.3 Å². The van der Waals surface area contributed by atoms with Crippen LogP contribution in [0.4, 0.5) is 0 Å². The van der Waals surface area contributed by atoms with E-state index in [1.165, 1.54) is 55.6 Å². The summed E-state index contributed by atoms with van der Waals surface area (Å²) in [5.74, 6) is 1.45. The van der Waals surface area contributed by atoms with Gasteiger partial charge in [0.25, 0.3) is 0 Å². The highest BCUT2D eigenvalue weighted by Crippen LogP contribution is 2.38. The van der Waals surface area contributed by atoms with E-state index in [2.05, 4.69) is 60.9 Å². The average molecular weight is 532 g/mol. The molecule has 0 radical (unpaired) electrons. The molecule has 0 aliphatic carbocycles. The van der Waals surface area contributed by atoms with Crippen LogP contribution in [-0.2, 0) is 0 Å². The minimum absolute atomic E-state index is 0.641. The Balaban J connectivity index is 0.000000142. The van der Waals surface area contributed by atoms with E-state index >= 15 is 0 Å². The van der Waals surface area contributed by atoms with E-state index in [4.69, 9.17) is 23.2 Å². The molecule has 0 amide bonds. The van der Waals surface area contributed by atoms with Crippen molar-refractivity contribution in [2.24, 2.45) is 0 Å². The summed E-state index contributed by atoms with van der Waals surface area (Å²) in [5, 5.41) is 11.4. The normalized spacial score (nSPS) is 25.3. The third-order valence-corrected chi connectivity index (χ3v) is 10.0. The molecule has 4 atom stereocenters. The van der Waals surface area contributed by atoms with Gasteiger partial charge in [-0.15, -0.1) is 22.7 Å². The van der Waals surface area contributed by atoms with E-state index in [1.807, 2.05) is 34.8 Å². The minimum Gasteiger partial charge on any atom is -0.314 e. The molecule has 2 fully saturated rings. The first-order valence-corrected chi connectivity index (χ1v) is 14.7. The van der Waals surface area contributed by atoms with Gasteiger partial charge in [0.2, 0.25) is 0 Å². The Labute approximate surface area is 220 Å². The van der Waals surface area contributed by atoms with Crippen LogP contribution in [0.25, 0.3) is 20.2 Å². The maximum Gasteiger partial charge on any atom is 0.0420 e. The zero-order chi connectivity index (χ0) is 23.7. The number of benzene rings is 2. The first-order valence-electron chi connectivity index (χ1n) is 12.3. The first kappa shape index (κ1) is 24.5. The van der Waals surface area contributed by atoms with Crippen molar-refractivity contribution in [1.29, 1.82) is 0 Å². The van der Waals surface area contributed by atoms with Crippen molar-refractivity contribution in [2.75, 3.05) is 13.1 Å². The van der Waals surface area contributed by atoms with E-state index in [9.17, 15) is 0 Å². The Bertz CT molecular complexity index is 1170. The van der Waals surface area contributed by atoms with Gasteiger partial charge in [-0.1, -0.05) is 35.3 Å². The Hall–Kier alpha value is -1.14. The van der Waals surface area contributed by atoms with Crippen molar-refractivity contribution in [3.63, 3.8) is 0 Å². The molecule has 4 heterocycles. The molecule has 2 saturated heterocycles. The van der Waals surface area contributed by atoms with Crippen LogP contribution in [-0.4, -0.2) is 25.2 Å². The molecule has 2 aliphatic rings. The maximum atomic E-state index is 6.03. The van der Waals surface area contributed by atoms with Gasteiger partial charge in [-0.2, -0.15) is 0 Å². The lowest BCUT2D eigenvalue weighted by atomic mass is 9.92. The third-order valence-electron chi connectivity index (χ3n) is 7.05. The van der Waals surface area contributed by atoms with Crippen molar-refractivity contribution in [3.05, 3.63) is 68.3 Å². The molecule has 180 valence electrons. The van der Waals surface area contributed by atoms with Gasteiger partial charge in [0.15, 0.2) is 0 Å². The second-order valence-corrected chi connectivity index (χ2v) is 12.9. The Morgan fingerprint density at radius 2 is 1.12 bits per heavy atom. The van der Waals surface area contributed by atoms with Crippen molar-refractivity contribution in [2.45, 2.75) is 63.5 Å². The lowest BCUT2D eigenvalue weighted by Gasteiger charge is -2.27. The molecule has 0 spiro atoms. The predicted octanol–water partition coefficient (Wildman–Crippen LogP) is 8.82. The van der Waals surface area contributed by atoms with Crippen molar-refractivity contribution in [1.82, 2.24) is 10.6 Å². The molecule has 0 bridgehead atoms. The molecule has 2 aromatic carbocycles. The standard InChI is InChI=1S/2C14H16ClNS/c2*1-9-6-11(4-5-16-9)13-7-10-2-3-12(15)8-14(10)17-13/h2*2-3,7-9,11,16H,4-6H2,1H3/t9-,11+;9-,11-/m01/s1. The highest BCUT2D eigenvalue weighted by Gasteiger charge is 2.22. The molecular weight excluding hydrogens is 499 g/mol. The third kappa shape index (κ3) is 5.80. The number of piperidine rings is 2. The van der Waals surface area contributed by atoms with Crippen LogP contribution in [0.2, 0.25) is 10.0 Å². The summed E-state index contributed by atoms with van der Waals surface area (Å²) in [6, 6.07) is 18.3. The fraction of sp³-hybridized carbons (Fsp3) is 0.429. The molecule has 6 heteroatoms. The van der Waals surface area contributed by atoms with Gasteiger partial charge < -0.3 is 10.6 Å². The molecule has 4 aromatic rings. The summed E-state index contributed by atoms with van der Waals surface area (Å²) < 4.78 is 2.64. The minimum atomic E-state index is 0.641. The quantitative estimate of drug-likeness (QED) is 0.270. The molecule has 0 saturated carbocycles. The van der Waals surface area contributed by atoms with Gasteiger partial charge in [0.05, 0.1) is 0 Å². The number of thiophene rings is 2. The van der Waals surface area contributed by atoms with Gasteiger partial charge in [-0.3, -0.25) is 0 Å². The molecule has 6 rings (SSSR count). The van der Waals surface area contributed by atoms with Crippen molar-refractivity contribution in [3.8, 4) is 0 Å². The summed E-state index contributed by atoms with van der Waals surface area (Å²) in [7, 11) is 0. The van der Waals surface area contributed by atoms with E-state index in [-0.39, 0.29) is 0 Å². The summed E-state index contributed by atoms with van der Waals surface area (Å²) in [5.41, 5.74) is 0. The highest BCUT2D eigenvalue weighted by atomic mass is 35.5. The predicted molar refractivity (Wildman–Crippen MR) is 153 cm³/mol. The summed E-state index contributed by atoms with van der Waals surface area (Å²) >= 11 is 15.9. The second-order valence-electron chi connectivity index (χ2n) is 9.81. The second kappa shape index (κ2) is 10.9. The van der Waals surface area contributed by atoms with Crippen LogP contribution in [0.3, 0.4) is 0 Å². The Kier molecular flexibility index (Phi) is 7.84. The SMILES string of the molecule is C[C@@H]1C[C@H](c2cc3ccc(Cl)cc3s2)CCN1.C[C@H]1C[C@H](c2cc3ccc(Cl)cc3s2)CCN1. The number of halogens is 2. The van der Waals surface area contributed by atoms with Crippen LogP contribution >= 0.6 is 45.9 Å². The summed E-state index contributed by atoms with van der Waals surface area (Å²) in [6.45, 7) is 6.83. The first-order chi connectivity index (χ1) is 16.4. The zero-order valence-corrected chi connectivity index (χ0v) is 22.9. The number of hydrogen-bond donors (Lipinski definition) is 2. The Morgan fingerprint density at radius 3 is 1.53 bits per heavy atom. The number of fused-ring (bicyclic) bond motifs is 2. The zero-order valence-electron chi connectivity index (χ0n) is 19.7. The monoisotopic (exact) mass is 530 g/mol. The Morgan fingerprint density at radius 1 is 0.676 bits per heavy atom. The molecule has 34 heavy (non-hydrogen) atoms. The van der Waals surface area contributed by atoms with E-state index in [1.54, 1.807) is 0 Å². The molecule has 2 aromatic heterocycles. The summed E-state index contributed by atoms with van der Waals surface area (Å²) in [6.07, 6.45) is 5.01. The van der Waals surface area contributed by atoms with Gasteiger partial charge in [-0.25, -0.2) is 0 Å². The summed E-state index contributed by atoms with van der Waals surface area (Å²) in [4.78, 5) is 3.05. The van der Waals surface area contributed by atoms with Gasteiger partial charge >= 0.3 is 0 Å². The number of rotatable bonds is 2. The molecule has 2 nitrogen and oxygen atoms in total. The largest absolute Gasteiger partial charge is 0.314 e. The van der Waals surface area contributed by atoms with Crippen LogP contribution in [0.15, 0.2) is 48.5 Å². The van der Waals surface area contributed by atoms with Crippen LogP contribution < -0.4 is 10.6 Å². The van der Waals surface area contributed by atoms with Crippen LogP contribution in [0.5, 0.6) is 0 Å². The van der Waals surface area contributed by atoms with Crippen LogP contribution in [0, 0.1) is 0 Å². The van der Waals surface area contributed by atoms with Crippen LogP contribution in [0.1, 0.15) is 61.1 Å². The molecule has 0 unspecified atom stereocenters. The van der Waals surface area contributed by atoms with E-state index < -0.39 is 0 Å². The topological polar surface area (TPSA) is 24.1 Å². The lowest BCUT2D eigenvalue weighted by molar-refractivity contribution is 0.384. The average Bonchev–Trinajstić information content (AvgIpc) is 3.43. The smallest absolute Gasteiger partial charge is 0.0420 e. The number of hydrogen-bond acceptors (Lipinski definition) is 4. The number of nitrogens with one attached hydrogen (secondary N) is 2.